The van der Waals surface area contributed by atoms with E-state index in [0.29, 0.717) is 0 Å². The lowest BCUT2D eigenvalue weighted by Crippen LogP contribution is -2.63. The van der Waals surface area contributed by atoms with E-state index in [1.165, 1.54) is 0 Å². The minimum atomic E-state index is -2.20. The molecule has 8 heteroatoms. The molecule has 1 aliphatic rings. The Morgan fingerprint density at radius 2 is 1.29 bits per heavy atom. The molecular formula is C13H33O4Si4. The summed E-state index contributed by atoms with van der Waals surface area (Å²) >= 11 is 0. The van der Waals surface area contributed by atoms with Crippen molar-refractivity contribution in [3.8, 4) is 0 Å². The zero-order chi connectivity index (χ0) is 16.1. The third-order valence-corrected chi connectivity index (χ3v) is 20.1. The Hall–Kier alpha value is 0.708. The van der Waals surface area contributed by atoms with Gasteiger partial charge < -0.3 is 16.5 Å². The first kappa shape index (κ1) is 19.8. The molecule has 1 radical (unpaired) electrons. The third kappa shape index (κ3) is 6.02. The van der Waals surface area contributed by atoms with E-state index in [0.717, 1.165) is 37.4 Å². The highest BCUT2D eigenvalue weighted by molar-refractivity contribution is 6.90. The molecule has 0 bridgehead atoms. The van der Waals surface area contributed by atoms with E-state index >= 15 is 0 Å². The lowest BCUT2D eigenvalue weighted by atomic mass is 10.6. The smallest absolute Gasteiger partial charge is 0.362 e. The molecule has 0 amide bonds. The van der Waals surface area contributed by atoms with E-state index in [-0.39, 0.29) is 0 Å². The zero-order valence-corrected chi connectivity index (χ0v) is 18.9. The fourth-order valence-corrected chi connectivity index (χ4v) is 22.7. The van der Waals surface area contributed by atoms with Crippen molar-refractivity contribution in [1.82, 2.24) is 0 Å². The summed E-state index contributed by atoms with van der Waals surface area (Å²) in [6.07, 6.45) is 3.32. The molecule has 1 unspecified atom stereocenters. The zero-order valence-electron chi connectivity index (χ0n) is 14.9. The van der Waals surface area contributed by atoms with Gasteiger partial charge in [-0.25, -0.2) is 0 Å². The van der Waals surface area contributed by atoms with Crippen LogP contribution in [0.2, 0.25) is 44.3 Å². The summed E-state index contributed by atoms with van der Waals surface area (Å²) in [7, 11) is -7.80. The molecule has 1 heterocycles. The Kier molecular flexibility index (Phi) is 7.52. The van der Waals surface area contributed by atoms with Crippen LogP contribution in [-0.2, 0) is 16.5 Å². The lowest BCUT2D eigenvalue weighted by Gasteiger charge is -2.46. The molecule has 0 aliphatic carbocycles. The van der Waals surface area contributed by atoms with E-state index < -0.39 is 35.0 Å². The average Bonchev–Trinajstić information content (AvgIpc) is 2.25. The van der Waals surface area contributed by atoms with E-state index in [9.17, 15) is 0 Å². The van der Waals surface area contributed by atoms with Gasteiger partial charge in [-0.3, -0.25) is 0 Å². The van der Waals surface area contributed by atoms with Crippen molar-refractivity contribution in [3.63, 3.8) is 0 Å². The maximum atomic E-state index is 6.81. The van der Waals surface area contributed by atoms with E-state index in [1.807, 2.05) is 0 Å². The number of hydrogen-bond donors (Lipinski definition) is 0. The maximum Gasteiger partial charge on any atom is 0.362 e. The van der Waals surface area contributed by atoms with Gasteiger partial charge in [0.1, 0.15) is 0 Å². The fourth-order valence-electron chi connectivity index (χ4n) is 3.25. The molecule has 0 aromatic heterocycles. The quantitative estimate of drug-likeness (QED) is 0.643. The molecule has 0 spiro atoms. The van der Waals surface area contributed by atoms with Gasteiger partial charge >= 0.3 is 35.0 Å². The van der Waals surface area contributed by atoms with Gasteiger partial charge in [-0.1, -0.05) is 40.0 Å². The molecule has 1 saturated heterocycles. The van der Waals surface area contributed by atoms with E-state index in [1.54, 1.807) is 0 Å². The van der Waals surface area contributed by atoms with Crippen LogP contribution in [0.5, 0.6) is 0 Å². The average molecular weight is 366 g/mol. The molecule has 1 fully saturated rings. The van der Waals surface area contributed by atoms with Crippen LogP contribution in [-0.4, -0.2) is 35.0 Å². The predicted octanol–water partition coefficient (Wildman–Crippen LogP) is 4.63. The second-order valence-corrected chi connectivity index (χ2v) is 19.2. The Morgan fingerprint density at radius 3 is 1.76 bits per heavy atom. The molecule has 0 N–H and O–H groups in total. The van der Waals surface area contributed by atoms with Crippen molar-refractivity contribution in [2.24, 2.45) is 0 Å². The lowest BCUT2D eigenvalue weighted by molar-refractivity contribution is 0.237. The van der Waals surface area contributed by atoms with Gasteiger partial charge in [0, 0.05) is 0 Å². The standard InChI is InChI=1S/C13H33O4Si4/c1-8-11-20(7)16-19(5,6)14-18(4)15-21(17-20,12-9-2)13-10-3/h8-13H2,1-7H3. The van der Waals surface area contributed by atoms with E-state index in [4.69, 9.17) is 16.5 Å². The molecule has 0 aromatic rings. The van der Waals surface area contributed by atoms with Crippen LogP contribution < -0.4 is 0 Å². The summed E-state index contributed by atoms with van der Waals surface area (Å²) in [6.45, 7) is 15.2. The molecule has 125 valence electrons. The van der Waals surface area contributed by atoms with Crippen molar-refractivity contribution in [3.05, 3.63) is 0 Å². The summed E-state index contributed by atoms with van der Waals surface area (Å²) in [5.41, 5.74) is 0. The van der Waals surface area contributed by atoms with Gasteiger partial charge in [-0.2, -0.15) is 0 Å². The van der Waals surface area contributed by atoms with Crippen LogP contribution >= 0.6 is 0 Å². The van der Waals surface area contributed by atoms with Gasteiger partial charge in [0.25, 0.3) is 0 Å². The van der Waals surface area contributed by atoms with Crippen molar-refractivity contribution in [1.29, 1.82) is 0 Å². The van der Waals surface area contributed by atoms with Crippen LogP contribution in [0.1, 0.15) is 40.0 Å². The fraction of sp³-hybridized carbons (Fsp3) is 1.00. The summed E-state index contributed by atoms with van der Waals surface area (Å²) in [5.74, 6) is 0. The van der Waals surface area contributed by atoms with Crippen molar-refractivity contribution < 1.29 is 16.5 Å². The molecule has 0 saturated carbocycles. The summed E-state index contributed by atoms with van der Waals surface area (Å²) < 4.78 is 26.1. The monoisotopic (exact) mass is 365 g/mol. The van der Waals surface area contributed by atoms with Gasteiger partial charge in [-0.05, 0) is 44.3 Å². The van der Waals surface area contributed by atoms with Gasteiger partial charge in [0.15, 0.2) is 0 Å². The highest BCUT2D eigenvalue weighted by Gasteiger charge is 2.51. The molecule has 1 rings (SSSR count). The van der Waals surface area contributed by atoms with Crippen molar-refractivity contribution >= 4 is 35.0 Å². The summed E-state index contributed by atoms with van der Waals surface area (Å²) in [4.78, 5) is 0. The van der Waals surface area contributed by atoms with Crippen LogP contribution in [0.25, 0.3) is 0 Å². The first-order valence-corrected chi connectivity index (χ1v) is 17.7. The summed E-state index contributed by atoms with van der Waals surface area (Å²) in [5, 5.41) is 0. The Labute approximate surface area is 136 Å². The molecule has 0 aromatic carbocycles. The molecule has 4 nitrogen and oxygen atoms in total. The van der Waals surface area contributed by atoms with Crippen LogP contribution in [0, 0.1) is 0 Å². The van der Waals surface area contributed by atoms with Gasteiger partial charge in [0.2, 0.25) is 0 Å². The molecule has 1 atom stereocenters. The topological polar surface area (TPSA) is 36.9 Å². The second kappa shape index (κ2) is 8.00. The highest BCUT2D eigenvalue weighted by atomic mass is 28.5. The van der Waals surface area contributed by atoms with E-state index in [2.05, 4.69) is 47.0 Å². The maximum absolute atomic E-state index is 6.81. The SMILES string of the molecule is CCC[Si]1(C)O[Si](C)(C)O[Si](C)O[Si](CCC)(CCC)O1. The Morgan fingerprint density at radius 1 is 0.762 bits per heavy atom. The van der Waals surface area contributed by atoms with Crippen molar-refractivity contribution in [2.45, 2.75) is 84.4 Å². The number of rotatable bonds is 6. The molecular weight excluding hydrogens is 332 g/mol. The molecule has 21 heavy (non-hydrogen) atoms. The van der Waals surface area contributed by atoms with Gasteiger partial charge in [-0.15, -0.1) is 0 Å². The van der Waals surface area contributed by atoms with Crippen LogP contribution in [0.15, 0.2) is 0 Å². The second-order valence-electron chi connectivity index (χ2n) is 6.59. The third-order valence-electron chi connectivity index (χ3n) is 3.55. The highest BCUT2D eigenvalue weighted by Crippen LogP contribution is 2.34. The van der Waals surface area contributed by atoms with Crippen LogP contribution in [0.3, 0.4) is 0 Å². The number of hydrogen-bond acceptors (Lipinski definition) is 4. The Bertz CT molecular complexity index is 323. The first-order valence-electron chi connectivity index (χ1n) is 8.31. The van der Waals surface area contributed by atoms with Crippen LogP contribution in [0.4, 0.5) is 0 Å². The largest absolute Gasteiger partial charge is 0.416 e. The minimum Gasteiger partial charge on any atom is -0.416 e. The summed E-state index contributed by atoms with van der Waals surface area (Å²) in [6, 6.07) is 3.15. The van der Waals surface area contributed by atoms with Gasteiger partial charge in [0.05, 0.1) is 0 Å². The Balaban J connectivity index is 3.09. The minimum absolute atomic E-state index is 1.03. The van der Waals surface area contributed by atoms with Crippen molar-refractivity contribution in [2.75, 3.05) is 0 Å². The normalized spacial score (nSPS) is 29.9. The first-order chi connectivity index (χ1) is 9.70. The predicted molar refractivity (Wildman–Crippen MR) is 96.1 cm³/mol. The molecule has 1 aliphatic heterocycles.